The van der Waals surface area contributed by atoms with Crippen molar-refractivity contribution in [1.82, 2.24) is 14.8 Å². The summed E-state index contributed by atoms with van der Waals surface area (Å²) in [7, 11) is 1.59. The topological polar surface area (TPSA) is 60.2 Å². The predicted molar refractivity (Wildman–Crippen MR) is 143 cm³/mol. The number of thiazole rings is 1. The Morgan fingerprint density at radius 1 is 1.09 bits per heavy atom. The van der Waals surface area contributed by atoms with E-state index in [1.807, 2.05) is 80.1 Å². The van der Waals surface area contributed by atoms with Crippen LogP contribution in [0.5, 0.6) is 5.75 Å². The summed E-state index contributed by atoms with van der Waals surface area (Å²) < 4.78 is 8.50. The molecule has 178 valence electrons. The first-order valence-corrected chi connectivity index (χ1v) is 12.5. The Bertz CT molecular complexity index is 1570. The van der Waals surface area contributed by atoms with Gasteiger partial charge in [-0.2, -0.15) is 5.10 Å². The number of ether oxygens (including phenoxy) is 1. The molecule has 5 rings (SSSR count). The second-order valence-electron chi connectivity index (χ2n) is 8.57. The van der Waals surface area contributed by atoms with Crippen molar-refractivity contribution in [2.75, 3.05) is 18.6 Å². The van der Waals surface area contributed by atoms with E-state index in [-0.39, 0.29) is 5.91 Å². The first-order chi connectivity index (χ1) is 16.8. The van der Waals surface area contributed by atoms with E-state index in [0.29, 0.717) is 34.6 Å². The number of fused-ring (bicyclic) bond motifs is 2. The van der Waals surface area contributed by atoms with E-state index >= 15 is 0 Å². The molecule has 2 aromatic heterocycles. The molecule has 0 saturated heterocycles. The van der Waals surface area contributed by atoms with Crippen LogP contribution in [0.15, 0.2) is 54.6 Å². The third kappa shape index (κ3) is 4.49. The third-order valence-corrected chi connectivity index (χ3v) is 7.30. The molecule has 0 bridgehead atoms. The van der Waals surface area contributed by atoms with Crippen molar-refractivity contribution in [3.63, 3.8) is 0 Å². The van der Waals surface area contributed by atoms with Gasteiger partial charge in [-0.3, -0.25) is 14.4 Å². The van der Waals surface area contributed by atoms with Crippen molar-refractivity contribution in [1.29, 1.82) is 0 Å². The number of methoxy groups -OCH3 is 1. The molecule has 0 fully saturated rings. The average molecular weight is 505 g/mol. The van der Waals surface area contributed by atoms with Crippen LogP contribution < -0.4 is 9.64 Å². The maximum absolute atomic E-state index is 14.1. The van der Waals surface area contributed by atoms with Crippen molar-refractivity contribution >= 4 is 55.0 Å². The summed E-state index contributed by atoms with van der Waals surface area (Å²) in [4.78, 5) is 20.6. The molecule has 0 N–H and O–H groups in total. The molecule has 0 aliphatic carbocycles. The summed E-state index contributed by atoms with van der Waals surface area (Å²) in [5.74, 6) is 0.363. The molecule has 0 aliphatic heterocycles. The Morgan fingerprint density at radius 2 is 1.83 bits per heavy atom. The van der Waals surface area contributed by atoms with E-state index < -0.39 is 0 Å². The van der Waals surface area contributed by atoms with Crippen molar-refractivity contribution in [2.45, 2.75) is 27.3 Å². The number of hydrogen-bond acceptors (Lipinski definition) is 5. The minimum Gasteiger partial charge on any atom is -0.496 e. The highest BCUT2D eigenvalue weighted by molar-refractivity contribution is 7.22. The molecule has 35 heavy (non-hydrogen) atoms. The Kier molecular flexibility index (Phi) is 6.21. The molecule has 3 aromatic carbocycles. The summed E-state index contributed by atoms with van der Waals surface area (Å²) in [6.45, 7) is 6.90. The highest BCUT2D eigenvalue weighted by Gasteiger charge is 2.25. The molecule has 0 atom stereocenters. The number of amides is 1. The lowest BCUT2D eigenvalue weighted by Crippen LogP contribution is -2.34. The standard InChI is InChI=1S/C27H25ClN4O2S/c1-16-11-21(28)15-24-25(16)29-27(35-24)31(9-10-32-18(3)12-17(2)30-32)26(33)22-13-19-7-5-6-8-20(19)14-23(22)34-4/h5-8,11-15H,9-10H2,1-4H3. The van der Waals surface area contributed by atoms with Gasteiger partial charge in [0.2, 0.25) is 0 Å². The molecule has 1 amide bonds. The minimum absolute atomic E-state index is 0.169. The van der Waals surface area contributed by atoms with Gasteiger partial charge >= 0.3 is 0 Å². The van der Waals surface area contributed by atoms with E-state index in [4.69, 9.17) is 21.3 Å². The highest BCUT2D eigenvalue weighted by Crippen LogP contribution is 2.35. The quantitative estimate of drug-likeness (QED) is 0.262. The predicted octanol–water partition coefficient (Wildman–Crippen LogP) is 6.58. The van der Waals surface area contributed by atoms with E-state index in [0.717, 1.165) is 37.9 Å². The normalized spacial score (nSPS) is 11.3. The van der Waals surface area contributed by atoms with Crippen molar-refractivity contribution in [3.8, 4) is 5.75 Å². The van der Waals surface area contributed by atoms with Crippen LogP contribution >= 0.6 is 22.9 Å². The summed E-state index contributed by atoms with van der Waals surface area (Å²) >= 11 is 7.75. The smallest absolute Gasteiger partial charge is 0.263 e. The largest absolute Gasteiger partial charge is 0.496 e. The van der Waals surface area contributed by atoms with Gasteiger partial charge < -0.3 is 4.74 Å². The molecule has 0 radical (unpaired) electrons. The summed E-state index contributed by atoms with van der Waals surface area (Å²) in [6.07, 6.45) is 0. The lowest BCUT2D eigenvalue weighted by Gasteiger charge is -2.22. The van der Waals surface area contributed by atoms with Gasteiger partial charge in [-0.05, 0) is 67.4 Å². The molecular weight excluding hydrogens is 480 g/mol. The monoisotopic (exact) mass is 504 g/mol. The van der Waals surface area contributed by atoms with Gasteiger partial charge in [0.25, 0.3) is 5.91 Å². The zero-order valence-electron chi connectivity index (χ0n) is 20.0. The number of aryl methyl sites for hydroxylation is 3. The van der Waals surface area contributed by atoms with E-state index in [9.17, 15) is 4.79 Å². The first-order valence-electron chi connectivity index (χ1n) is 11.3. The Labute approximate surface area is 212 Å². The van der Waals surface area contributed by atoms with Crippen LogP contribution in [0.4, 0.5) is 5.13 Å². The van der Waals surface area contributed by atoms with Crippen LogP contribution in [0.1, 0.15) is 27.3 Å². The number of benzene rings is 3. The van der Waals surface area contributed by atoms with E-state index in [1.54, 1.807) is 12.0 Å². The fraction of sp³-hybridized carbons (Fsp3) is 0.222. The van der Waals surface area contributed by atoms with Crippen LogP contribution in [0.25, 0.3) is 21.0 Å². The Hall–Kier alpha value is -3.42. The van der Waals surface area contributed by atoms with Crippen molar-refractivity contribution in [2.24, 2.45) is 0 Å². The van der Waals surface area contributed by atoms with Gasteiger partial charge in [0.15, 0.2) is 5.13 Å². The number of halogens is 1. The van der Waals surface area contributed by atoms with Crippen LogP contribution in [0, 0.1) is 20.8 Å². The molecule has 2 heterocycles. The number of rotatable bonds is 6. The lowest BCUT2D eigenvalue weighted by molar-refractivity contribution is 0.0983. The SMILES string of the molecule is COc1cc2ccccc2cc1C(=O)N(CCn1nc(C)cc1C)c1nc2c(C)cc(Cl)cc2s1. The number of nitrogens with zero attached hydrogens (tertiary/aromatic N) is 4. The number of hydrogen-bond donors (Lipinski definition) is 0. The van der Waals surface area contributed by atoms with E-state index in [1.165, 1.54) is 11.3 Å². The average Bonchev–Trinajstić information content (AvgIpc) is 3.40. The molecular formula is C27H25ClN4O2S. The van der Waals surface area contributed by atoms with Gasteiger partial charge in [0, 0.05) is 17.3 Å². The molecule has 0 spiro atoms. The molecule has 5 aromatic rings. The van der Waals surface area contributed by atoms with Crippen LogP contribution in [0.3, 0.4) is 0 Å². The Morgan fingerprint density at radius 3 is 2.51 bits per heavy atom. The second-order valence-corrected chi connectivity index (χ2v) is 10.0. The molecule has 0 unspecified atom stereocenters. The van der Waals surface area contributed by atoms with Crippen LogP contribution in [0.2, 0.25) is 5.02 Å². The summed E-state index contributed by atoms with van der Waals surface area (Å²) in [5.41, 5.74) is 4.31. The van der Waals surface area contributed by atoms with Gasteiger partial charge in [-0.1, -0.05) is 47.2 Å². The molecule has 8 heteroatoms. The van der Waals surface area contributed by atoms with Crippen LogP contribution in [-0.2, 0) is 6.54 Å². The van der Waals surface area contributed by atoms with Gasteiger partial charge in [0.05, 0.1) is 35.1 Å². The molecule has 0 saturated carbocycles. The lowest BCUT2D eigenvalue weighted by atomic mass is 10.0. The highest BCUT2D eigenvalue weighted by atomic mass is 35.5. The summed E-state index contributed by atoms with van der Waals surface area (Å²) in [5, 5.41) is 7.83. The van der Waals surface area contributed by atoms with Crippen LogP contribution in [-0.4, -0.2) is 34.3 Å². The molecule has 0 aliphatic rings. The maximum Gasteiger partial charge on any atom is 0.263 e. The van der Waals surface area contributed by atoms with Crippen molar-refractivity contribution in [3.05, 3.63) is 82.1 Å². The zero-order valence-corrected chi connectivity index (χ0v) is 21.6. The zero-order chi connectivity index (χ0) is 24.7. The summed E-state index contributed by atoms with van der Waals surface area (Å²) in [6, 6.07) is 17.5. The third-order valence-electron chi connectivity index (χ3n) is 6.05. The number of anilines is 1. The molecule has 6 nitrogen and oxygen atoms in total. The van der Waals surface area contributed by atoms with Gasteiger partial charge in [-0.25, -0.2) is 4.98 Å². The van der Waals surface area contributed by atoms with E-state index in [2.05, 4.69) is 5.10 Å². The number of carbonyl (C=O) groups excluding carboxylic acids is 1. The number of carbonyl (C=O) groups is 1. The number of aromatic nitrogens is 3. The fourth-order valence-electron chi connectivity index (χ4n) is 4.34. The fourth-order valence-corrected chi connectivity index (χ4v) is 5.78. The first kappa shape index (κ1) is 23.3. The second kappa shape index (κ2) is 9.32. The van der Waals surface area contributed by atoms with Gasteiger partial charge in [0.1, 0.15) is 5.75 Å². The maximum atomic E-state index is 14.1. The van der Waals surface area contributed by atoms with Gasteiger partial charge in [-0.15, -0.1) is 0 Å². The Balaban J connectivity index is 1.60. The minimum atomic E-state index is -0.169. The van der Waals surface area contributed by atoms with Crippen molar-refractivity contribution < 1.29 is 9.53 Å².